The molecule has 22 heavy (non-hydrogen) atoms. The molecule has 0 unspecified atom stereocenters. The molecule has 0 aliphatic heterocycles. The van der Waals surface area contributed by atoms with Crippen LogP contribution < -0.4 is 4.18 Å². The summed E-state index contributed by atoms with van der Waals surface area (Å²) in [5.41, 5.74) is 0.262. The third-order valence-corrected chi connectivity index (χ3v) is 3.96. The Morgan fingerprint density at radius 3 is 2.32 bits per heavy atom. The van der Waals surface area contributed by atoms with Crippen LogP contribution in [0.4, 0.5) is 4.39 Å². The zero-order valence-electron chi connectivity index (χ0n) is 11.7. The fourth-order valence-corrected chi connectivity index (χ4v) is 2.69. The highest BCUT2D eigenvalue weighted by Gasteiger charge is 2.21. The van der Waals surface area contributed by atoms with Crippen molar-refractivity contribution >= 4 is 16.1 Å². The summed E-state index contributed by atoms with van der Waals surface area (Å²) in [4.78, 5) is 10.9. The molecule has 0 saturated carbocycles. The summed E-state index contributed by atoms with van der Waals surface area (Å²) < 4.78 is 47.2. The smallest absolute Gasteiger partial charge is 0.342 e. The molecule has 0 saturated heterocycles. The Kier molecular flexibility index (Phi) is 4.77. The SMILES string of the molecule is CCOC(=O)c1ccc(OS(=O)(=O)c2ccccc2F)cc1. The zero-order valence-corrected chi connectivity index (χ0v) is 12.5. The molecular weight excluding hydrogens is 311 g/mol. The number of carbonyl (C=O) groups excluding carboxylic acids is 1. The summed E-state index contributed by atoms with van der Waals surface area (Å²) in [6.07, 6.45) is 0. The van der Waals surface area contributed by atoms with Gasteiger partial charge in [0.05, 0.1) is 12.2 Å². The summed E-state index contributed by atoms with van der Waals surface area (Å²) in [6.45, 7) is 1.91. The molecule has 0 spiro atoms. The van der Waals surface area contributed by atoms with Gasteiger partial charge in [0, 0.05) is 0 Å². The lowest BCUT2D eigenvalue weighted by molar-refractivity contribution is 0.0526. The van der Waals surface area contributed by atoms with Crippen LogP contribution in [0.1, 0.15) is 17.3 Å². The Hall–Kier alpha value is -2.41. The summed E-state index contributed by atoms with van der Waals surface area (Å²) >= 11 is 0. The van der Waals surface area contributed by atoms with Crippen LogP contribution in [-0.2, 0) is 14.9 Å². The second-order valence-corrected chi connectivity index (χ2v) is 5.73. The van der Waals surface area contributed by atoms with Gasteiger partial charge in [0.15, 0.2) is 0 Å². The van der Waals surface area contributed by atoms with E-state index in [1.807, 2.05) is 0 Å². The lowest BCUT2D eigenvalue weighted by Crippen LogP contribution is -2.11. The van der Waals surface area contributed by atoms with Gasteiger partial charge in [0.25, 0.3) is 0 Å². The highest BCUT2D eigenvalue weighted by Crippen LogP contribution is 2.21. The molecule has 2 aromatic rings. The normalized spacial score (nSPS) is 11.0. The second-order valence-electron chi connectivity index (χ2n) is 4.21. The summed E-state index contributed by atoms with van der Waals surface area (Å²) in [7, 11) is -4.28. The number of benzene rings is 2. The molecule has 0 aromatic heterocycles. The maximum atomic E-state index is 13.5. The van der Waals surface area contributed by atoms with E-state index in [1.54, 1.807) is 6.92 Å². The van der Waals surface area contributed by atoms with Crippen LogP contribution in [0.5, 0.6) is 5.75 Å². The molecule has 0 bridgehead atoms. The second kappa shape index (κ2) is 6.57. The number of hydrogen-bond acceptors (Lipinski definition) is 5. The maximum absolute atomic E-state index is 13.5. The summed E-state index contributed by atoms with van der Waals surface area (Å²) in [5, 5.41) is 0. The highest BCUT2D eigenvalue weighted by atomic mass is 32.2. The van der Waals surface area contributed by atoms with E-state index < -0.39 is 26.8 Å². The lowest BCUT2D eigenvalue weighted by Gasteiger charge is -2.08. The van der Waals surface area contributed by atoms with Gasteiger partial charge in [-0.1, -0.05) is 12.1 Å². The van der Waals surface area contributed by atoms with Gasteiger partial charge in [0.2, 0.25) is 0 Å². The van der Waals surface area contributed by atoms with Crippen molar-refractivity contribution in [2.24, 2.45) is 0 Å². The minimum atomic E-state index is -4.28. The van der Waals surface area contributed by atoms with E-state index in [9.17, 15) is 17.6 Å². The van der Waals surface area contributed by atoms with Crippen LogP contribution in [0, 0.1) is 5.82 Å². The predicted octanol–water partition coefficient (Wildman–Crippen LogP) is 2.77. The number of esters is 1. The number of rotatable bonds is 5. The van der Waals surface area contributed by atoms with E-state index in [-0.39, 0.29) is 17.9 Å². The molecule has 5 nitrogen and oxygen atoms in total. The van der Waals surface area contributed by atoms with Gasteiger partial charge < -0.3 is 8.92 Å². The van der Waals surface area contributed by atoms with Crippen molar-refractivity contribution in [1.29, 1.82) is 0 Å². The largest absolute Gasteiger partial charge is 0.462 e. The Morgan fingerprint density at radius 2 is 1.73 bits per heavy atom. The van der Waals surface area contributed by atoms with E-state index in [0.717, 1.165) is 12.1 Å². The van der Waals surface area contributed by atoms with E-state index in [2.05, 4.69) is 0 Å². The fourth-order valence-electron chi connectivity index (χ4n) is 1.68. The number of halogens is 1. The van der Waals surface area contributed by atoms with Crippen LogP contribution >= 0.6 is 0 Å². The molecule has 0 aliphatic rings. The zero-order chi connectivity index (χ0) is 16.2. The maximum Gasteiger partial charge on any atom is 0.342 e. The van der Waals surface area contributed by atoms with Crippen molar-refractivity contribution in [3.05, 3.63) is 59.9 Å². The van der Waals surface area contributed by atoms with E-state index >= 15 is 0 Å². The predicted molar refractivity (Wildman–Crippen MR) is 76.6 cm³/mol. The lowest BCUT2D eigenvalue weighted by atomic mass is 10.2. The average Bonchev–Trinajstić information content (AvgIpc) is 2.48. The molecule has 2 aromatic carbocycles. The number of carbonyl (C=O) groups is 1. The first-order valence-electron chi connectivity index (χ1n) is 6.40. The minimum absolute atomic E-state index is 0.0312. The molecule has 0 N–H and O–H groups in total. The van der Waals surface area contributed by atoms with Gasteiger partial charge in [-0.25, -0.2) is 9.18 Å². The van der Waals surface area contributed by atoms with E-state index in [4.69, 9.17) is 8.92 Å². The van der Waals surface area contributed by atoms with Gasteiger partial charge in [-0.15, -0.1) is 0 Å². The van der Waals surface area contributed by atoms with Gasteiger partial charge in [0.1, 0.15) is 16.5 Å². The third-order valence-electron chi connectivity index (χ3n) is 2.68. The first-order valence-corrected chi connectivity index (χ1v) is 7.81. The highest BCUT2D eigenvalue weighted by molar-refractivity contribution is 7.87. The van der Waals surface area contributed by atoms with Crippen LogP contribution in [0.3, 0.4) is 0 Å². The van der Waals surface area contributed by atoms with Crippen molar-refractivity contribution in [2.75, 3.05) is 6.61 Å². The van der Waals surface area contributed by atoms with Crippen LogP contribution in [0.15, 0.2) is 53.4 Å². The third kappa shape index (κ3) is 3.62. The van der Waals surface area contributed by atoms with Gasteiger partial charge in [-0.05, 0) is 43.3 Å². The summed E-state index contributed by atoms with van der Waals surface area (Å²) in [6, 6.07) is 10.2. The molecule has 0 atom stereocenters. The van der Waals surface area contributed by atoms with Crippen molar-refractivity contribution in [1.82, 2.24) is 0 Å². The van der Waals surface area contributed by atoms with Crippen molar-refractivity contribution in [3.8, 4) is 5.75 Å². The molecule has 0 radical (unpaired) electrons. The first-order chi connectivity index (χ1) is 10.4. The molecule has 0 aliphatic carbocycles. The molecule has 0 heterocycles. The van der Waals surface area contributed by atoms with Crippen LogP contribution in [0.25, 0.3) is 0 Å². The average molecular weight is 324 g/mol. The van der Waals surface area contributed by atoms with Crippen LogP contribution in [0.2, 0.25) is 0 Å². The van der Waals surface area contributed by atoms with Crippen molar-refractivity contribution in [3.63, 3.8) is 0 Å². The molecule has 116 valence electrons. The first kappa shape index (κ1) is 16.0. The Bertz CT molecular complexity index is 769. The van der Waals surface area contributed by atoms with Gasteiger partial charge >= 0.3 is 16.1 Å². The summed E-state index contributed by atoms with van der Waals surface area (Å²) in [5.74, 6) is -1.45. The Labute approximate surface area is 127 Å². The standard InChI is InChI=1S/C15H13FO5S/c1-2-20-15(17)11-7-9-12(10-8-11)21-22(18,19)14-6-4-3-5-13(14)16/h3-10H,2H2,1H3. The van der Waals surface area contributed by atoms with Crippen LogP contribution in [-0.4, -0.2) is 21.0 Å². The molecule has 0 amide bonds. The van der Waals surface area contributed by atoms with E-state index in [1.165, 1.54) is 36.4 Å². The molecule has 0 fully saturated rings. The topological polar surface area (TPSA) is 69.7 Å². The van der Waals surface area contributed by atoms with Crippen molar-refractivity contribution < 1.29 is 26.5 Å². The van der Waals surface area contributed by atoms with Gasteiger partial charge in [-0.3, -0.25) is 0 Å². The fraction of sp³-hybridized carbons (Fsp3) is 0.133. The monoisotopic (exact) mass is 324 g/mol. The molecule has 7 heteroatoms. The number of ether oxygens (including phenoxy) is 1. The van der Waals surface area contributed by atoms with E-state index in [0.29, 0.717) is 0 Å². The Balaban J connectivity index is 2.20. The minimum Gasteiger partial charge on any atom is -0.462 e. The number of hydrogen-bond donors (Lipinski definition) is 0. The Morgan fingerprint density at radius 1 is 1.09 bits per heavy atom. The molecule has 2 rings (SSSR count). The van der Waals surface area contributed by atoms with Crippen molar-refractivity contribution in [2.45, 2.75) is 11.8 Å². The molecular formula is C15H13FO5S. The quantitative estimate of drug-likeness (QED) is 0.625. The van der Waals surface area contributed by atoms with Gasteiger partial charge in [-0.2, -0.15) is 8.42 Å².